The Morgan fingerprint density at radius 1 is 1.28 bits per heavy atom. The van der Waals surface area contributed by atoms with Gasteiger partial charge in [-0.15, -0.1) is 11.3 Å². The minimum absolute atomic E-state index is 0.00785. The summed E-state index contributed by atoms with van der Waals surface area (Å²) in [6.07, 6.45) is 2.51. The minimum atomic E-state index is 0.00785. The Bertz CT molecular complexity index is 851. The van der Waals surface area contributed by atoms with E-state index < -0.39 is 0 Å². The van der Waals surface area contributed by atoms with Gasteiger partial charge in [0.05, 0.1) is 6.42 Å². The third-order valence-corrected chi connectivity index (χ3v) is 6.65. The molecule has 2 aliphatic heterocycles. The van der Waals surface area contributed by atoms with Crippen molar-refractivity contribution in [1.29, 1.82) is 0 Å². The fourth-order valence-electron chi connectivity index (χ4n) is 3.80. The summed E-state index contributed by atoms with van der Waals surface area (Å²) < 4.78 is 11.9. The average molecular weight is 436 g/mol. The summed E-state index contributed by atoms with van der Waals surface area (Å²) in [6, 6.07) is 7.31. The molecule has 29 heavy (non-hydrogen) atoms. The van der Waals surface area contributed by atoms with Crippen LogP contribution in [0.2, 0.25) is 5.02 Å². The number of likely N-dealkylation sites (tertiary alicyclic amines) is 1. The Morgan fingerprint density at radius 3 is 2.86 bits per heavy atom. The van der Waals surface area contributed by atoms with E-state index >= 15 is 0 Å². The number of thiophene rings is 1. The van der Waals surface area contributed by atoms with Crippen LogP contribution in [-0.2, 0) is 11.2 Å². The number of nitrogens with one attached hydrogen (secondary N) is 1. The molecule has 0 aliphatic carbocycles. The number of hydrogen-bond acceptors (Lipinski definition) is 6. The number of nitrogens with zero attached hydrogens (tertiary/aromatic N) is 1. The first-order valence-electron chi connectivity index (χ1n) is 9.96. The molecule has 8 heteroatoms. The summed E-state index contributed by atoms with van der Waals surface area (Å²) in [4.78, 5) is 15.5. The van der Waals surface area contributed by atoms with Crippen molar-refractivity contribution in [2.24, 2.45) is 5.92 Å². The molecule has 1 atom stereocenters. The smallest absolute Gasteiger partial charge is 0.225 e. The first-order valence-corrected chi connectivity index (χ1v) is 11.2. The van der Waals surface area contributed by atoms with Crippen LogP contribution in [-0.4, -0.2) is 49.7 Å². The molecule has 1 aromatic heterocycles. The van der Waals surface area contributed by atoms with E-state index in [0.29, 0.717) is 29.7 Å². The van der Waals surface area contributed by atoms with Crippen molar-refractivity contribution in [2.45, 2.75) is 25.4 Å². The van der Waals surface area contributed by atoms with Gasteiger partial charge in [-0.3, -0.25) is 9.69 Å². The van der Waals surface area contributed by atoms with Crippen LogP contribution < -0.4 is 20.5 Å². The van der Waals surface area contributed by atoms with Crippen LogP contribution in [0.5, 0.6) is 11.5 Å². The lowest BCUT2D eigenvalue weighted by Gasteiger charge is -2.35. The highest BCUT2D eigenvalue weighted by molar-refractivity contribution is 7.10. The van der Waals surface area contributed by atoms with Crippen LogP contribution in [0.1, 0.15) is 17.7 Å². The summed E-state index contributed by atoms with van der Waals surface area (Å²) in [5, 5.41) is 5.64. The molecule has 0 spiro atoms. The van der Waals surface area contributed by atoms with E-state index in [0.717, 1.165) is 55.4 Å². The highest BCUT2D eigenvalue weighted by Gasteiger charge is 2.26. The topological polar surface area (TPSA) is 76.8 Å². The number of fused-ring (bicyclic) bond motifs is 1. The number of piperidine rings is 1. The van der Waals surface area contributed by atoms with E-state index in [2.05, 4.69) is 10.2 Å². The second-order valence-corrected chi connectivity index (χ2v) is 9.10. The van der Waals surface area contributed by atoms with E-state index in [1.807, 2.05) is 29.6 Å². The van der Waals surface area contributed by atoms with Crippen LogP contribution in [0, 0.1) is 5.92 Å². The summed E-state index contributed by atoms with van der Waals surface area (Å²) >= 11 is 7.58. The van der Waals surface area contributed by atoms with Gasteiger partial charge in [-0.25, -0.2) is 0 Å². The summed E-state index contributed by atoms with van der Waals surface area (Å²) in [6.45, 7) is 4.12. The quantitative estimate of drug-likeness (QED) is 0.728. The van der Waals surface area contributed by atoms with Crippen molar-refractivity contribution in [1.82, 2.24) is 10.2 Å². The van der Waals surface area contributed by atoms with Crippen molar-refractivity contribution < 1.29 is 14.3 Å². The zero-order valence-electron chi connectivity index (χ0n) is 16.2. The predicted molar refractivity (Wildman–Crippen MR) is 116 cm³/mol. The molecule has 0 unspecified atom stereocenters. The molecule has 3 N–H and O–H groups in total. The highest BCUT2D eigenvalue weighted by atomic mass is 35.5. The van der Waals surface area contributed by atoms with Crippen molar-refractivity contribution in [2.75, 3.05) is 38.5 Å². The molecule has 1 fully saturated rings. The molecule has 0 radical (unpaired) electrons. The standard InChI is InChI=1S/C21H26ClN3O3S/c22-15-1-2-18-19(9-15)28-16(13-27-18)12-25-6-3-14(4-7-25)11-24-21(26)10-20-17(23)5-8-29-20/h1-2,5,8-9,14,16H,3-4,6-7,10-13,23H2,(H,24,26)/t16-/m0/s1. The SMILES string of the molecule is Nc1ccsc1CC(=O)NCC1CCN(C[C@H]2COc3ccc(Cl)cc3O2)CC1. The van der Waals surface area contributed by atoms with Gasteiger partial charge in [0, 0.05) is 34.7 Å². The van der Waals surface area contributed by atoms with Gasteiger partial charge in [0.15, 0.2) is 11.5 Å². The van der Waals surface area contributed by atoms with Crippen molar-refractivity contribution in [3.8, 4) is 11.5 Å². The van der Waals surface area contributed by atoms with Crippen LogP contribution in [0.4, 0.5) is 5.69 Å². The van der Waals surface area contributed by atoms with Crippen LogP contribution in [0.25, 0.3) is 0 Å². The zero-order chi connectivity index (χ0) is 20.2. The molecular weight excluding hydrogens is 410 g/mol. The Morgan fingerprint density at radius 2 is 2.10 bits per heavy atom. The predicted octanol–water partition coefficient (Wildman–Crippen LogP) is 3.19. The number of nitrogens with two attached hydrogens (primary N) is 1. The Balaban J connectivity index is 1.17. The average Bonchev–Trinajstić information content (AvgIpc) is 3.11. The van der Waals surface area contributed by atoms with Crippen LogP contribution in [0.15, 0.2) is 29.6 Å². The van der Waals surface area contributed by atoms with Gasteiger partial charge in [0.1, 0.15) is 12.7 Å². The second kappa shape index (κ2) is 9.24. The zero-order valence-corrected chi connectivity index (χ0v) is 17.8. The summed E-state index contributed by atoms with van der Waals surface area (Å²) in [5.41, 5.74) is 6.56. The maximum Gasteiger partial charge on any atom is 0.225 e. The van der Waals surface area contributed by atoms with Gasteiger partial charge < -0.3 is 20.5 Å². The van der Waals surface area contributed by atoms with Crippen molar-refractivity contribution in [3.05, 3.63) is 39.5 Å². The highest BCUT2D eigenvalue weighted by Crippen LogP contribution is 2.34. The van der Waals surface area contributed by atoms with Crippen LogP contribution >= 0.6 is 22.9 Å². The molecule has 156 valence electrons. The first-order chi connectivity index (χ1) is 14.1. The number of rotatable bonds is 6. The molecule has 1 aromatic carbocycles. The molecular formula is C21H26ClN3O3S. The number of amides is 1. The Kier molecular flexibility index (Phi) is 6.47. The van der Waals surface area contributed by atoms with Gasteiger partial charge in [0.25, 0.3) is 0 Å². The van der Waals surface area contributed by atoms with Gasteiger partial charge in [0.2, 0.25) is 5.91 Å². The van der Waals surface area contributed by atoms with Gasteiger partial charge in [-0.1, -0.05) is 11.6 Å². The van der Waals surface area contributed by atoms with E-state index in [1.54, 1.807) is 0 Å². The lowest BCUT2D eigenvalue weighted by molar-refractivity contribution is -0.120. The van der Waals surface area contributed by atoms with E-state index in [-0.39, 0.29) is 12.0 Å². The van der Waals surface area contributed by atoms with Crippen molar-refractivity contribution >= 4 is 34.5 Å². The molecule has 0 bridgehead atoms. The largest absolute Gasteiger partial charge is 0.486 e. The monoisotopic (exact) mass is 435 g/mol. The normalized spacial score (nSPS) is 19.8. The molecule has 6 nitrogen and oxygen atoms in total. The van der Waals surface area contributed by atoms with E-state index in [1.165, 1.54) is 11.3 Å². The number of hydrogen-bond donors (Lipinski definition) is 2. The number of benzene rings is 1. The molecule has 1 amide bonds. The van der Waals surface area contributed by atoms with Gasteiger partial charge >= 0.3 is 0 Å². The van der Waals surface area contributed by atoms with Crippen LogP contribution in [0.3, 0.4) is 0 Å². The first kappa shape index (κ1) is 20.3. The number of nitrogen functional groups attached to an aromatic ring is 1. The maximum absolute atomic E-state index is 12.1. The molecule has 3 heterocycles. The molecule has 0 saturated carbocycles. The lowest BCUT2D eigenvalue weighted by Crippen LogP contribution is -2.45. The molecule has 1 saturated heterocycles. The molecule has 2 aromatic rings. The molecule has 2 aliphatic rings. The number of carbonyl (C=O) groups excluding carboxylic acids is 1. The van der Waals surface area contributed by atoms with E-state index in [9.17, 15) is 4.79 Å². The third-order valence-electron chi connectivity index (χ3n) is 5.48. The number of halogens is 1. The van der Waals surface area contributed by atoms with Gasteiger partial charge in [-0.2, -0.15) is 0 Å². The fraction of sp³-hybridized carbons (Fsp3) is 0.476. The van der Waals surface area contributed by atoms with Gasteiger partial charge in [-0.05, 0) is 55.4 Å². The number of anilines is 1. The second-order valence-electron chi connectivity index (χ2n) is 7.67. The minimum Gasteiger partial charge on any atom is -0.486 e. The number of ether oxygens (including phenoxy) is 2. The Hall–Kier alpha value is -1.96. The van der Waals surface area contributed by atoms with E-state index in [4.69, 9.17) is 26.8 Å². The van der Waals surface area contributed by atoms with Crippen molar-refractivity contribution in [3.63, 3.8) is 0 Å². The summed E-state index contributed by atoms with van der Waals surface area (Å²) in [5.74, 6) is 2.03. The summed E-state index contributed by atoms with van der Waals surface area (Å²) in [7, 11) is 0. The lowest BCUT2D eigenvalue weighted by atomic mass is 9.96. The number of carbonyl (C=O) groups is 1. The fourth-order valence-corrected chi connectivity index (χ4v) is 4.76. The maximum atomic E-state index is 12.1. The Labute approximate surface area is 179 Å². The molecule has 4 rings (SSSR count). The third kappa shape index (κ3) is 5.35.